The largest absolute Gasteiger partial charge is 2.00 e. The Kier molecular flexibility index (Phi) is 7.18. The van der Waals surface area contributed by atoms with Gasteiger partial charge in [0.1, 0.15) is 0 Å². The van der Waals surface area contributed by atoms with Gasteiger partial charge in [-0.3, -0.25) is 0 Å². The second-order valence-corrected chi connectivity index (χ2v) is 14.9. The van der Waals surface area contributed by atoms with E-state index in [0.29, 0.717) is 12.0 Å². The molecule has 4 aromatic carbocycles. The second-order valence-electron chi connectivity index (χ2n) is 14.9. The van der Waals surface area contributed by atoms with E-state index in [1.807, 2.05) is 48.8 Å². The average Bonchev–Trinajstić information content (AvgIpc) is 3.49. The van der Waals surface area contributed by atoms with Crippen LogP contribution in [0.25, 0.3) is 22.5 Å². The van der Waals surface area contributed by atoms with Crippen LogP contribution in [-0.2, 0) is 31.9 Å². The minimum absolute atomic E-state index is 0. The molecule has 250 valence electrons. The molecule has 2 atom stereocenters. The molecule has 0 saturated carbocycles. The van der Waals surface area contributed by atoms with Gasteiger partial charge < -0.3 is 19.8 Å². The Hall–Kier alpha value is -5.05. The maximum atomic E-state index is 4.67. The van der Waals surface area contributed by atoms with Gasteiger partial charge in [-0.15, -0.1) is 59.7 Å². The summed E-state index contributed by atoms with van der Waals surface area (Å²) >= 11 is 0. The van der Waals surface area contributed by atoms with Gasteiger partial charge >= 0.3 is 21.1 Å². The van der Waals surface area contributed by atoms with E-state index < -0.39 is 0 Å². The number of hydrogen-bond acceptors (Lipinski definition) is 4. The van der Waals surface area contributed by atoms with Crippen molar-refractivity contribution in [3.8, 4) is 22.5 Å². The molecule has 2 unspecified atom stereocenters. The molecule has 6 aromatic rings. The first kappa shape index (κ1) is 31.9. The quantitative estimate of drug-likeness (QED) is 0.162. The van der Waals surface area contributed by atoms with Gasteiger partial charge in [-0.25, -0.2) is 0 Å². The molecule has 10 rings (SSSR count). The van der Waals surface area contributed by atoms with E-state index >= 15 is 0 Å². The van der Waals surface area contributed by atoms with Crippen molar-refractivity contribution in [2.75, 3.05) is 9.80 Å². The van der Waals surface area contributed by atoms with Gasteiger partial charge in [-0.1, -0.05) is 88.4 Å². The van der Waals surface area contributed by atoms with Gasteiger partial charge in [0.15, 0.2) is 0 Å². The van der Waals surface area contributed by atoms with Gasteiger partial charge in [0, 0.05) is 40.5 Å². The zero-order valence-electron chi connectivity index (χ0n) is 29.0. The molecule has 5 heteroatoms. The smallest absolute Gasteiger partial charge is 0.346 e. The molecule has 0 saturated heterocycles. The molecule has 0 N–H and O–H groups in total. The predicted octanol–water partition coefficient (Wildman–Crippen LogP) is 10.9. The van der Waals surface area contributed by atoms with Gasteiger partial charge in [0.05, 0.1) is 11.7 Å². The standard InChI is InChI=1S/C46H36N4.Pt/c1-45(2)36-19-11-17-34-35-18-12-20-37-43(35)50(42(34)36)44-38(45)27-33(28-39(44)46(37,3)4)49(31-15-9-13-29(25-31)40-21-5-7-23-47-40)32-16-10-14-30(26-32)41-22-6-8-24-48-41;/h5-24,27-28,34,42H,1-4H3;/q-2;+2. The van der Waals surface area contributed by atoms with E-state index in [2.05, 4.69) is 145 Å². The zero-order chi connectivity index (χ0) is 33.8. The minimum atomic E-state index is -0.221. The van der Waals surface area contributed by atoms with Crippen molar-refractivity contribution in [2.45, 2.75) is 50.5 Å². The Balaban J connectivity index is 0.00000348. The van der Waals surface area contributed by atoms with E-state index in [0.717, 1.165) is 39.6 Å². The van der Waals surface area contributed by atoms with Gasteiger partial charge in [-0.05, 0) is 74.9 Å². The topological polar surface area (TPSA) is 32.3 Å². The number of benzene rings is 4. The van der Waals surface area contributed by atoms with Crippen molar-refractivity contribution in [3.63, 3.8) is 0 Å². The van der Waals surface area contributed by atoms with Crippen molar-refractivity contribution >= 4 is 28.4 Å². The monoisotopic (exact) mass is 839 g/mol. The number of para-hydroxylation sites is 1. The number of rotatable bonds is 5. The van der Waals surface area contributed by atoms with Crippen molar-refractivity contribution < 1.29 is 21.1 Å². The van der Waals surface area contributed by atoms with Crippen LogP contribution < -0.4 is 9.80 Å². The molecule has 2 aromatic heterocycles. The Morgan fingerprint density at radius 3 is 1.86 bits per heavy atom. The fraction of sp³-hybridized carbons (Fsp3) is 0.174. The van der Waals surface area contributed by atoms with E-state index in [9.17, 15) is 0 Å². The number of hydrogen-bond donors (Lipinski definition) is 0. The second kappa shape index (κ2) is 11.5. The third kappa shape index (κ3) is 4.55. The first-order chi connectivity index (χ1) is 24.3. The third-order valence-electron chi connectivity index (χ3n) is 11.5. The normalized spacial score (nSPS) is 19.1. The van der Waals surface area contributed by atoms with Crippen LogP contribution in [0.1, 0.15) is 55.9 Å². The number of fused-ring (bicyclic) bond motifs is 1. The summed E-state index contributed by atoms with van der Waals surface area (Å²) in [6.07, 6.45) is 10.8. The van der Waals surface area contributed by atoms with Gasteiger partial charge in [0.2, 0.25) is 0 Å². The zero-order valence-corrected chi connectivity index (χ0v) is 31.2. The molecule has 0 spiro atoms. The molecule has 0 bridgehead atoms. The van der Waals surface area contributed by atoms with E-state index in [1.54, 1.807) is 0 Å². The molecule has 0 fully saturated rings. The van der Waals surface area contributed by atoms with E-state index in [1.165, 1.54) is 39.2 Å². The summed E-state index contributed by atoms with van der Waals surface area (Å²) in [6.45, 7) is 9.65. The number of allylic oxidation sites excluding steroid dienone is 2. The summed E-state index contributed by atoms with van der Waals surface area (Å²) in [5, 5.41) is 0. The van der Waals surface area contributed by atoms with Crippen LogP contribution >= 0.6 is 0 Å². The first-order valence-electron chi connectivity index (χ1n) is 17.5. The number of anilines is 5. The molecule has 1 aliphatic carbocycles. The summed E-state index contributed by atoms with van der Waals surface area (Å²) in [5.74, 6) is 0.350. The van der Waals surface area contributed by atoms with Crippen LogP contribution in [-0.4, -0.2) is 16.0 Å². The van der Waals surface area contributed by atoms with Crippen LogP contribution in [0.5, 0.6) is 0 Å². The van der Waals surface area contributed by atoms with Crippen molar-refractivity contribution in [2.24, 2.45) is 0 Å². The molecule has 5 heterocycles. The molecule has 3 aliphatic heterocycles. The van der Waals surface area contributed by atoms with Crippen molar-refractivity contribution in [1.29, 1.82) is 0 Å². The summed E-state index contributed by atoms with van der Waals surface area (Å²) in [6, 6.07) is 44.4. The van der Waals surface area contributed by atoms with Crippen molar-refractivity contribution in [3.05, 3.63) is 174 Å². The molecular weight excluding hydrogens is 804 g/mol. The number of nitrogens with zero attached hydrogens (tertiary/aromatic N) is 4. The average molecular weight is 840 g/mol. The van der Waals surface area contributed by atoms with Crippen molar-refractivity contribution in [1.82, 2.24) is 9.97 Å². The van der Waals surface area contributed by atoms with Crippen LogP contribution in [0, 0.1) is 12.1 Å². The summed E-state index contributed by atoms with van der Waals surface area (Å²) in [4.78, 5) is 14.4. The number of pyridine rings is 2. The first-order valence-corrected chi connectivity index (χ1v) is 17.5. The molecule has 0 amide bonds. The maximum absolute atomic E-state index is 4.67. The summed E-state index contributed by atoms with van der Waals surface area (Å²) in [5.41, 5.74) is 16.0. The van der Waals surface area contributed by atoms with Crippen LogP contribution in [0.2, 0.25) is 0 Å². The van der Waals surface area contributed by atoms with Gasteiger partial charge in [-0.2, -0.15) is 0 Å². The predicted molar refractivity (Wildman–Crippen MR) is 203 cm³/mol. The van der Waals surface area contributed by atoms with E-state index in [-0.39, 0.29) is 31.9 Å². The molecule has 4 aliphatic rings. The fourth-order valence-corrected chi connectivity index (χ4v) is 9.01. The summed E-state index contributed by atoms with van der Waals surface area (Å²) in [7, 11) is 0. The fourth-order valence-electron chi connectivity index (χ4n) is 9.01. The Labute approximate surface area is 314 Å². The Bertz CT molecular complexity index is 2330. The van der Waals surface area contributed by atoms with Crippen LogP contribution in [0.3, 0.4) is 0 Å². The minimum Gasteiger partial charge on any atom is -0.346 e. The molecule has 4 nitrogen and oxygen atoms in total. The van der Waals surface area contributed by atoms with Crippen LogP contribution in [0.15, 0.2) is 139 Å². The third-order valence-corrected chi connectivity index (χ3v) is 11.5. The molecule has 0 radical (unpaired) electrons. The summed E-state index contributed by atoms with van der Waals surface area (Å²) < 4.78 is 0. The Morgan fingerprint density at radius 2 is 1.25 bits per heavy atom. The Morgan fingerprint density at radius 1 is 0.647 bits per heavy atom. The van der Waals surface area contributed by atoms with E-state index in [4.69, 9.17) is 0 Å². The molecular formula is C46H36N4Pt. The molecule has 51 heavy (non-hydrogen) atoms. The SMILES string of the molecule is CC1(C)C2=CC=CC3c4cccc5c4N(c4c1cc(N(c1[c-]c(-c6ccccn6)ccc1)c1[c-]c(-c6ccccn6)ccc1)cc4C5(C)C)C23.[Pt+2]. The maximum Gasteiger partial charge on any atom is 2.00 e. The van der Waals surface area contributed by atoms with Crippen LogP contribution in [0.4, 0.5) is 28.4 Å². The number of aromatic nitrogens is 2. The van der Waals surface area contributed by atoms with Gasteiger partial charge in [0.25, 0.3) is 0 Å².